The van der Waals surface area contributed by atoms with Crippen LogP contribution in [0.1, 0.15) is 23.9 Å². The van der Waals surface area contributed by atoms with Crippen molar-refractivity contribution in [3.05, 3.63) is 17.0 Å². The quantitative estimate of drug-likeness (QED) is 0.680. The first-order valence-electron chi connectivity index (χ1n) is 4.58. The third-order valence-corrected chi connectivity index (χ3v) is 2.66. The Balaban J connectivity index is 2.44. The van der Waals surface area contributed by atoms with Crippen LogP contribution in [0.15, 0.2) is 0 Å². The molecule has 0 radical (unpaired) electrons. The molecule has 0 saturated carbocycles. The average Bonchev–Trinajstić information content (AvgIpc) is 2.55. The number of halogens is 1. The first-order valence-corrected chi connectivity index (χ1v) is 5.11. The van der Waals surface area contributed by atoms with Crippen LogP contribution in [-0.2, 0) is 30.2 Å². The van der Waals surface area contributed by atoms with Crippen molar-refractivity contribution in [3.8, 4) is 0 Å². The molecule has 0 bridgehead atoms. The van der Waals surface area contributed by atoms with E-state index >= 15 is 0 Å². The zero-order valence-corrected chi connectivity index (χ0v) is 8.47. The Hall–Kier alpha value is -0.540. The largest absolute Gasteiger partial charge is 0.376 e. The maximum atomic E-state index is 5.87. The van der Waals surface area contributed by atoms with Crippen LogP contribution in [0.5, 0.6) is 0 Å². The molecule has 13 heavy (non-hydrogen) atoms. The van der Waals surface area contributed by atoms with Crippen molar-refractivity contribution >= 4 is 11.6 Å². The fourth-order valence-electron chi connectivity index (χ4n) is 1.71. The number of fused-ring (bicyclic) bond motifs is 1. The molecule has 1 aromatic heterocycles. The molecular weight excluding hydrogens is 188 g/mol. The lowest BCUT2D eigenvalue weighted by molar-refractivity contribution is 0.109. The van der Waals surface area contributed by atoms with Crippen molar-refractivity contribution in [2.75, 3.05) is 6.61 Å². The fraction of sp³-hybridized carbons (Fsp3) is 0.667. The Kier molecular flexibility index (Phi) is 2.56. The predicted molar refractivity (Wildman–Crippen MR) is 50.8 cm³/mol. The zero-order valence-electron chi connectivity index (χ0n) is 7.72. The smallest absolute Gasteiger partial charge is 0.0753 e. The van der Waals surface area contributed by atoms with Crippen molar-refractivity contribution in [1.29, 1.82) is 0 Å². The van der Waals surface area contributed by atoms with E-state index in [-0.39, 0.29) is 0 Å². The van der Waals surface area contributed by atoms with E-state index in [1.807, 2.05) is 4.68 Å². The van der Waals surface area contributed by atoms with E-state index in [0.29, 0.717) is 12.5 Å². The lowest BCUT2D eigenvalue weighted by Crippen LogP contribution is -2.09. The number of aromatic nitrogens is 2. The summed E-state index contributed by atoms with van der Waals surface area (Å²) in [6.45, 7) is 4.43. The summed E-state index contributed by atoms with van der Waals surface area (Å²) in [5, 5.41) is 4.49. The van der Waals surface area contributed by atoms with E-state index in [4.69, 9.17) is 16.3 Å². The van der Waals surface area contributed by atoms with Crippen LogP contribution < -0.4 is 0 Å². The summed E-state index contributed by atoms with van der Waals surface area (Å²) in [5.41, 5.74) is 3.51. The van der Waals surface area contributed by atoms with Crippen LogP contribution in [0.4, 0.5) is 0 Å². The van der Waals surface area contributed by atoms with E-state index in [0.717, 1.165) is 25.3 Å². The minimum atomic E-state index is 0.527. The summed E-state index contributed by atoms with van der Waals surface area (Å²) in [4.78, 5) is 0. The summed E-state index contributed by atoms with van der Waals surface area (Å²) >= 11 is 5.87. The van der Waals surface area contributed by atoms with Gasteiger partial charge in [-0.1, -0.05) is 0 Å². The number of hydrogen-bond donors (Lipinski definition) is 0. The van der Waals surface area contributed by atoms with Gasteiger partial charge in [0.1, 0.15) is 0 Å². The molecule has 1 aromatic rings. The van der Waals surface area contributed by atoms with Crippen molar-refractivity contribution in [2.24, 2.45) is 0 Å². The molecule has 2 heterocycles. The third kappa shape index (κ3) is 1.46. The van der Waals surface area contributed by atoms with Gasteiger partial charge in [-0.15, -0.1) is 11.6 Å². The van der Waals surface area contributed by atoms with E-state index in [2.05, 4.69) is 12.0 Å². The third-order valence-electron chi connectivity index (χ3n) is 2.41. The highest BCUT2D eigenvalue weighted by atomic mass is 35.5. The van der Waals surface area contributed by atoms with Gasteiger partial charge >= 0.3 is 0 Å². The Bertz CT molecular complexity index is 298. The van der Waals surface area contributed by atoms with Crippen LogP contribution in [0.25, 0.3) is 0 Å². The lowest BCUT2D eigenvalue weighted by atomic mass is 10.1. The fourth-order valence-corrected chi connectivity index (χ4v) is 2.01. The van der Waals surface area contributed by atoms with Crippen molar-refractivity contribution < 1.29 is 4.74 Å². The van der Waals surface area contributed by atoms with Crippen LogP contribution in [0.2, 0.25) is 0 Å². The standard InChI is InChI=1S/C9H13ClN2O/c1-2-12-9(5-10)7-6-13-4-3-8(7)11-12/h2-6H2,1H3. The summed E-state index contributed by atoms with van der Waals surface area (Å²) in [6, 6.07) is 0. The molecule has 0 saturated heterocycles. The van der Waals surface area contributed by atoms with Crippen LogP contribution in [0.3, 0.4) is 0 Å². The Labute approximate surface area is 82.6 Å². The first kappa shape index (κ1) is 9.03. The molecule has 0 aromatic carbocycles. The second-order valence-electron chi connectivity index (χ2n) is 3.12. The molecule has 4 heteroatoms. The normalized spacial score (nSPS) is 15.8. The van der Waals surface area contributed by atoms with Gasteiger partial charge in [0.05, 0.1) is 30.5 Å². The van der Waals surface area contributed by atoms with Crippen molar-refractivity contribution in [3.63, 3.8) is 0 Å². The van der Waals surface area contributed by atoms with Gasteiger partial charge in [0.25, 0.3) is 0 Å². The van der Waals surface area contributed by atoms with E-state index < -0.39 is 0 Å². The monoisotopic (exact) mass is 200 g/mol. The van der Waals surface area contributed by atoms with E-state index in [9.17, 15) is 0 Å². The van der Waals surface area contributed by atoms with Gasteiger partial charge < -0.3 is 4.74 Å². The predicted octanol–water partition coefficient (Wildman–Crippen LogP) is 1.71. The van der Waals surface area contributed by atoms with Crippen molar-refractivity contribution in [1.82, 2.24) is 9.78 Å². The van der Waals surface area contributed by atoms with Gasteiger partial charge in [0, 0.05) is 18.5 Å². The molecule has 0 aliphatic carbocycles. The molecule has 1 aliphatic heterocycles. The minimum Gasteiger partial charge on any atom is -0.376 e. The molecule has 0 unspecified atom stereocenters. The number of alkyl halides is 1. The molecule has 0 N–H and O–H groups in total. The topological polar surface area (TPSA) is 27.1 Å². The SMILES string of the molecule is CCn1nc2c(c1CCl)COCC2. The molecule has 0 spiro atoms. The number of rotatable bonds is 2. The molecule has 72 valence electrons. The van der Waals surface area contributed by atoms with Crippen LogP contribution in [-0.4, -0.2) is 16.4 Å². The molecule has 2 rings (SSSR count). The number of hydrogen-bond acceptors (Lipinski definition) is 2. The van der Waals surface area contributed by atoms with Gasteiger partial charge in [-0.25, -0.2) is 0 Å². The van der Waals surface area contributed by atoms with Gasteiger partial charge in [-0.3, -0.25) is 4.68 Å². The molecule has 0 amide bonds. The van der Waals surface area contributed by atoms with Crippen LogP contribution >= 0.6 is 11.6 Å². The van der Waals surface area contributed by atoms with Gasteiger partial charge in [0.2, 0.25) is 0 Å². The minimum absolute atomic E-state index is 0.527. The zero-order chi connectivity index (χ0) is 9.26. The summed E-state index contributed by atoms with van der Waals surface area (Å²) < 4.78 is 7.36. The van der Waals surface area contributed by atoms with Gasteiger partial charge in [-0.05, 0) is 6.92 Å². The molecule has 3 nitrogen and oxygen atoms in total. The summed E-state index contributed by atoms with van der Waals surface area (Å²) in [6.07, 6.45) is 0.923. The Morgan fingerprint density at radius 2 is 2.46 bits per heavy atom. The highest BCUT2D eigenvalue weighted by molar-refractivity contribution is 6.17. The van der Waals surface area contributed by atoms with Gasteiger partial charge in [0.15, 0.2) is 0 Å². The highest BCUT2D eigenvalue weighted by Gasteiger charge is 2.19. The maximum absolute atomic E-state index is 5.87. The lowest BCUT2D eigenvalue weighted by Gasteiger charge is -2.11. The van der Waals surface area contributed by atoms with Gasteiger partial charge in [-0.2, -0.15) is 5.10 Å². The molecular formula is C9H13ClN2O. The number of ether oxygens (including phenoxy) is 1. The molecule has 0 fully saturated rings. The molecule has 0 atom stereocenters. The van der Waals surface area contributed by atoms with E-state index in [1.165, 1.54) is 11.3 Å². The van der Waals surface area contributed by atoms with Crippen molar-refractivity contribution in [2.45, 2.75) is 32.4 Å². The number of aryl methyl sites for hydroxylation is 1. The first-order chi connectivity index (χ1) is 6.36. The number of nitrogens with zero attached hydrogens (tertiary/aromatic N) is 2. The molecule has 1 aliphatic rings. The average molecular weight is 201 g/mol. The second-order valence-corrected chi connectivity index (χ2v) is 3.39. The van der Waals surface area contributed by atoms with E-state index in [1.54, 1.807) is 0 Å². The maximum Gasteiger partial charge on any atom is 0.0753 e. The summed E-state index contributed by atoms with van der Waals surface area (Å²) in [5.74, 6) is 0.527. The Morgan fingerprint density at radius 3 is 3.15 bits per heavy atom. The second kappa shape index (κ2) is 3.68. The Morgan fingerprint density at radius 1 is 1.62 bits per heavy atom. The highest BCUT2D eigenvalue weighted by Crippen LogP contribution is 2.21. The van der Waals surface area contributed by atoms with Crippen LogP contribution in [0, 0.1) is 0 Å². The summed E-state index contributed by atoms with van der Waals surface area (Å²) in [7, 11) is 0.